The highest BCUT2D eigenvalue weighted by Gasteiger charge is 2.24. The monoisotopic (exact) mass is 866 g/mol. The van der Waals surface area contributed by atoms with Crippen molar-refractivity contribution in [3.8, 4) is 0 Å². The van der Waals surface area contributed by atoms with Gasteiger partial charge < -0.3 is 21.2 Å². The Balaban J connectivity index is 0.00000105. The second kappa shape index (κ2) is 34.5. The lowest BCUT2D eigenvalue weighted by molar-refractivity contribution is -0.107. The second-order valence-electron chi connectivity index (χ2n) is 14.6. The van der Waals surface area contributed by atoms with Crippen molar-refractivity contribution in [3.63, 3.8) is 0 Å². The van der Waals surface area contributed by atoms with Crippen molar-refractivity contribution in [2.45, 2.75) is 160 Å². The van der Waals surface area contributed by atoms with Crippen LogP contribution < -0.4 is 16.4 Å². The van der Waals surface area contributed by atoms with Gasteiger partial charge in [0.15, 0.2) is 0 Å². The summed E-state index contributed by atoms with van der Waals surface area (Å²) in [6.45, 7) is 15.9. The van der Waals surface area contributed by atoms with Crippen molar-refractivity contribution < 1.29 is 31.2 Å². The molecule has 4 N–H and O–H groups in total. The number of benzene rings is 2. The van der Waals surface area contributed by atoms with Crippen LogP contribution >= 0.6 is 0 Å². The molecule has 0 spiro atoms. The number of nitrogens with zero attached hydrogens (tertiary/aromatic N) is 2. The number of unbranched alkanes of at least 4 members (excludes halogenated alkanes) is 10. The van der Waals surface area contributed by atoms with E-state index in [0.717, 1.165) is 70.5 Å². The quantitative estimate of drug-likeness (QED) is 0.0516. The molecule has 0 aromatic heterocycles. The number of nitrogens with one attached hydrogen (secondary N) is 2. The van der Waals surface area contributed by atoms with Crippen LogP contribution in [0, 0.1) is 0 Å². The number of aldehydes is 1. The summed E-state index contributed by atoms with van der Waals surface area (Å²) in [7, 11) is -7.01. The van der Waals surface area contributed by atoms with Gasteiger partial charge in [-0.3, -0.25) is 9.59 Å². The van der Waals surface area contributed by atoms with Gasteiger partial charge in [-0.25, -0.2) is 16.8 Å². The average Bonchev–Trinajstić information content (AvgIpc) is 3.24. The maximum atomic E-state index is 12.8. The molecule has 2 aromatic carbocycles. The number of amides is 2. The molecule has 14 heteroatoms. The van der Waals surface area contributed by atoms with E-state index in [9.17, 15) is 31.2 Å². The molecule has 0 bridgehead atoms. The number of hydrogen-bond acceptors (Lipinski definition) is 8. The van der Waals surface area contributed by atoms with Crippen molar-refractivity contribution in [1.82, 2.24) is 19.2 Å². The van der Waals surface area contributed by atoms with Crippen LogP contribution in [0.3, 0.4) is 0 Å². The summed E-state index contributed by atoms with van der Waals surface area (Å²) in [4.78, 5) is 34.1. The van der Waals surface area contributed by atoms with Gasteiger partial charge in [0.25, 0.3) is 11.8 Å². The molecule has 0 unspecified atom stereocenters. The largest absolute Gasteiger partial charge is 0.352 e. The normalized spacial score (nSPS) is 11.3. The minimum atomic E-state index is -3.51. The van der Waals surface area contributed by atoms with Crippen molar-refractivity contribution in [3.05, 3.63) is 59.7 Å². The van der Waals surface area contributed by atoms with Crippen LogP contribution in [0.5, 0.6) is 0 Å². The van der Waals surface area contributed by atoms with Crippen molar-refractivity contribution >= 4 is 38.1 Å². The van der Waals surface area contributed by atoms with Crippen molar-refractivity contribution in [1.29, 1.82) is 0 Å². The van der Waals surface area contributed by atoms with E-state index in [-0.39, 0.29) is 21.6 Å². The van der Waals surface area contributed by atoms with E-state index in [4.69, 9.17) is 5.73 Å². The van der Waals surface area contributed by atoms with Crippen LogP contribution in [0.1, 0.15) is 171 Å². The van der Waals surface area contributed by atoms with Gasteiger partial charge in [0.05, 0.1) is 9.79 Å². The maximum Gasteiger partial charge on any atom is 0.251 e. The van der Waals surface area contributed by atoms with Crippen LogP contribution in [0.25, 0.3) is 0 Å². The predicted molar refractivity (Wildman–Crippen MR) is 243 cm³/mol. The molecule has 0 aliphatic heterocycles. The fourth-order valence-electron chi connectivity index (χ4n) is 6.05. The zero-order valence-corrected chi connectivity index (χ0v) is 38.9. The van der Waals surface area contributed by atoms with Gasteiger partial charge >= 0.3 is 0 Å². The van der Waals surface area contributed by atoms with E-state index in [1.165, 1.54) is 59.3 Å². The lowest BCUT2D eigenvalue weighted by Crippen LogP contribution is -2.32. The highest BCUT2D eigenvalue weighted by Crippen LogP contribution is 2.19. The number of sulfonamides is 2. The lowest BCUT2D eigenvalue weighted by Gasteiger charge is -2.21. The van der Waals surface area contributed by atoms with E-state index >= 15 is 0 Å². The van der Waals surface area contributed by atoms with Gasteiger partial charge in [-0.15, -0.1) is 0 Å². The summed E-state index contributed by atoms with van der Waals surface area (Å²) in [5.74, 6) is -0.317. The molecule has 59 heavy (non-hydrogen) atoms. The zero-order valence-electron chi connectivity index (χ0n) is 37.3. The number of hydrogen-bond donors (Lipinski definition) is 3. The Kier molecular flexibility index (Phi) is 32.7. The molecule has 0 heterocycles. The van der Waals surface area contributed by atoms with Gasteiger partial charge in [-0.05, 0) is 100 Å². The Morgan fingerprint density at radius 3 is 1.10 bits per heavy atom. The van der Waals surface area contributed by atoms with E-state index in [0.29, 0.717) is 63.4 Å². The molecule has 0 saturated carbocycles. The fraction of sp³-hybridized carbons (Fsp3) is 0.667. The molecule has 0 radical (unpaired) electrons. The number of carbonyl (C=O) groups is 3. The van der Waals surface area contributed by atoms with Crippen LogP contribution in [0.4, 0.5) is 0 Å². The zero-order chi connectivity index (χ0) is 44.4. The Bertz CT molecular complexity index is 1590. The molecule has 338 valence electrons. The SMILES string of the molecule is CCC=O.CCCCCCCCCCNC(=O)c1ccc(S(=O)(=O)N(CCC)CCC)cc1.CCCN(CCC)S(=O)(=O)c1ccc(C(=O)NCCCCCCN)cc1. The Hall–Kier alpha value is -3.17. The summed E-state index contributed by atoms with van der Waals surface area (Å²) in [6.07, 6.45) is 18.5. The van der Waals surface area contributed by atoms with Gasteiger partial charge in [0, 0.05) is 56.8 Å². The van der Waals surface area contributed by atoms with E-state index in [2.05, 4.69) is 17.6 Å². The molecule has 2 rings (SSSR count). The van der Waals surface area contributed by atoms with E-state index in [1.54, 1.807) is 36.4 Å². The summed E-state index contributed by atoms with van der Waals surface area (Å²) >= 11 is 0. The van der Waals surface area contributed by atoms with Crippen LogP contribution in [0.15, 0.2) is 58.3 Å². The lowest BCUT2D eigenvalue weighted by atomic mass is 10.1. The second-order valence-corrected chi connectivity index (χ2v) is 18.5. The number of rotatable bonds is 30. The first-order valence-corrected chi connectivity index (χ1v) is 25.1. The molecule has 0 saturated heterocycles. The third-order valence-corrected chi connectivity index (χ3v) is 13.1. The average molecular weight is 866 g/mol. The molecule has 2 aromatic rings. The summed E-state index contributed by atoms with van der Waals surface area (Å²) in [6, 6.07) is 12.5. The topological polar surface area (TPSA) is 176 Å². The number of nitrogens with two attached hydrogens (primary N) is 1. The summed E-state index contributed by atoms with van der Waals surface area (Å²) in [5, 5.41) is 5.80. The first-order valence-electron chi connectivity index (χ1n) is 22.3. The third kappa shape index (κ3) is 23.4. The molecule has 12 nitrogen and oxygen atoms in total. The van der Waals surface area contributed by atoms with Gasteiger partial charge in [-0.1, -0.05) is 99.3 Å². The standard InChI is InChI=1S/C23H40N2O3S.C19H33N3O3S.C3H6O/c1-4-7-8-9-10-11-12-13-18-24-23(26)21-14-16-22(17-15-21)29(27,28)25(19-5-2)20-6-3;1-3-15-22(16-4-2)26(24,25)18-11-9-17(10-12-18)19(23)21-14-8-6-5-7-13-20;1-2-3-4/h14-17H,4-13,18-20H2,1-3H3,(H,24,26);9-12H,3-8,13-16,20H2,1-2H3,(H,21,23);3H,2H2,1H3. The Morgan fingerprint density at radius 2 is 0.814 bits per heavy atom. The molecule has 0 aliphatic rings. The minimum Gasteiger partial charge on any atom is -0.352 e. The van der Waals surface area contributed by atoms with Gasteiger partial charge in [-0.2, -0.15) is 8.61 Å². The highest BCUT2D eigenvalue weighted by molar-refractivity contribution is 7.89. The fourth-order valence-corrected chi connectivity index (χ4v) is 9.29. The number of carbonyl (C=O) groups excluding carboxylic acids is 3. The summed E-state index contributed by atoms with van der Waals surface area (Å²) < 4.78 is 54.0. The minimum absolute atomic E-state index is 0.143. The highest BCUT2D eigenvalue weighted by atomic mass is 32.2. The molecule has 0 atom stereocenters. The van der Waals surface area contributed by atoms with Crippen LogP contribution in [-0.4, -0.2) is 89.4 Å². The van der Waals surface area contributed by atoms with Crippen molar-refractivity contribution in [2.24, 2.45) is 5.73 Å². The van der Waals surface area contributed by atoms with Gasteiger partial charge in [0.1, 0.15) is 6.29 Å². The van der Waals surface area contributed by atoms with E-state index < -0.39 is 20.0 Å². The molecular formula is C45H79N5O7S2. The maximum absolute atomic E-state index is 12.8. The van der Waals surface area contributed by atoms with Crippen LogP contribution in [-0.2, 0) is 24.8 Å². The van der Waals surface area contributed by atoms with E-state index in [1.807, 2.05) is 34.6 Å². The van der Waals surface area contributed by atoms with Crippen molar-refractivity contribution in [2.75, 3.05) is 45.8 Å². The molecule has 2 amide bonds. The molecule has 0 aliphatic carbocycles. The van der Waals surface area contributed by atoms with Crippen LogP contribution in [0.2, 0.25) is 0 Å². The predicted octanol–water partition coefficient (Wildman–Crippen LogP) is 8.71. The Labute approximate surface area is 359 Å². The Morgan fingerprint density at radius 1 is 0.508 bits per heavy atom. The third-order valence-electron chi connectivity index (χ3n) is 9.30. The summed E-state index contributed by atoms with van der Waals surface area (Å²) in [5.41, 5.74) is 6.42. The van der Waals surface area contributed by atoms with Gasteiger partial charge in [0.2, 0.25) is 20.0 Å². The first kappa shape index (κ1) is 55.8. The molecule has 0 fully saturated rings. The smallest absolute Gasteiger partial charge is 0.251 e. The molecular weight excluding hydrogens is 787 g/mol. The first-order chi connectivity index (χ1) is 28.3.